The Bertz CT molecular complexity index is 181. The Labute approximate surface area is 92.9 Å². The fourth-order valence-corrected chi connectivity index (χ4v) is 1.39. The number of carboxylic acids is 1. The highest BCUT2D eigenvalue weighted by Gasteiger charge is 2.09. The fraction of sp³-hybridized carbons (Fsp3) is 0.909. The largest absolute Gasteiger partial charge is 0.481 e. The van der Waals surface area contributed by atoms with Crippen LogP contribution in [0.3, 0.4) is 0 Å². The lowest BCUT2D eigenvalue weighted by molar-refractivity contribution is -0.137. The number of aliphatic carboxylic acids is 1. The number of likely N-dealkylation sites (N-methyl/N-ethyl adjacent to an activating group) is 1. The molecule has 0 saturated heterocycles. The number of nitrogens with zero attached hydrogens (tertiary/aromatic N) is 2. The molecule has 0 spiro atoms. The summed E-state index contributed by atoms with van der Waals surface area (Å²) in [6, 6.07) is 0.485. The van der Waals surface area contributed by atoms with Crippen LogP contribution in [0.2, 0.25) is 0 Å². The van der Waals surface area contributed by atoms with Gasteiger partial charge < -0.3 is 10.0 Å². The molecule has 0 bridgehead atoms. The van der Waals surface area contributed by atoms with Gasteiger partial charge in [0.05, 0.1) is 0 Å². The van der Waals surface area contributed by atoms with E-state index >= 15 is 0 Å². The van der Waals surface area contributed by atoms with Gasteiger partial charge in [0, 0.05) is 25.6 Å². The summed E-state index contributed by atoms with van der Waals surface area (Å²) in [6.45, 7) is 7.19. The van der Waals surface area contributed by atoms with Gasteiger partial charge >= 0.3 is 5.97 Å². The van der Waals surface area contributed by atoms with Crippen LogP contribution < -0.4 is 0 Å². The first-order valence-corrected chi connectivity index (χ1v) is 5.54. The predicted molar refractivity (Wildman–Crippen MR) is 62.1 cm³/mol. The Kier molecular flexibility index (Phi) is 7.34. The lowest BCUT2D eigenvalue weighted by Gasteiger charge is -2.27. The van der Waals surface area contributed by atoms with E-state index in [-0.39, 0.29) is 6.42 Å². The molecule has 0 fully saturated rings. The third-order valence-electron chi connectivity index (χ3n) is 2.40. The smallest absolute Gasteiger partial charge is 0.303 e. The Hall–Kier alpha value is -0.610. The van der Waals surface area contributed by atoms with E-state index < -0.39 is 5.97 Å². The summed E-state index contributed by atoms with van der Waals surface area (Å²) < 4.78 is 0. The van der Waals surface area contributed by atoms with Crippen molar-refractivity contribution in [3.8, 4) is 0 Å². The lowest BCUT2D eigenvalue weighted by atomic mass is 10.2. The minimum absolute atomic E-state index is 0.269. The second-order valence-corrected chi connectivity index (χ2v) is 4.43. The van der Waals surface area contributed by atoms with Crippen molar-refractivity contribution in [1.29, 1.82) is 0 Å². The van der Waals surface area contributed by atoms with Crippen LogP contribution in [0.4, 0.5) is 0 Å². The van der Waals surface area contributed by atoms with Crippen LogP contribution >= 0.6 is 0 Å². The van der Waals surface area contributed by atoms with Gasteiger partial charge in [0.25, 0.3) is 0 Å². The molecule has 1 N–H and O–H groups in total. The van der Waals surface area contributed by atoms with Crippen LogP contribution in [0, 0.1) is 0 Å². The van der Waals surface area contributed by atoms with Crippen molar-refractivity contribution >= 4 is 5.97 Å². The van der Waals surface area contributed by atoms with E-state index in [0.717, 1.165) is 26.1 Å². The minimum Gasteiger partial charge on any atom is -0.481 e. The number of hydrogen-bond donors (Lipinski definition) is 1. The predicted octanol–water partition coefficient (Wildman–Crippen LogP) is 1.12. The summed E-state index contributed by atoms with van der Waals surface area (Å²) >= 11 is 0. The first kappa shape index (κ1) is 14.4. The van der Waals surface area contributed by atoms with Crippen LogP contribution in [0.5, 0.6) is 0 Å². The molecule has 0 amide bonds. The Balaban J connectivity index is 3.78. The summed E-state index contributed by atoms with van der Waals surface area (Å²) in [5, 5.41) is 8.56. The maximum atomic E-state index is 10.4. The van der Waals surface area contributed by atoms with Crippen molar-refractivity contribution in [2.24, 2.45) is 0 Å². The molecule has 0 unspecified atom stereocenters. The lowest BCUT2D eigenvalue weighted by Crippen LogP contribution is -2.37. The maximum Gasteiger partial charge on any atom is 0.303 e. The van der Waals surface area contributed by atoms with E-state index in [0.29, 0.717) is 6.04 Å². The Morgan fingerprint density at radius 3 is 2.20 bits per heavy atom. The minimum atomic E-state index is -0.702. The summed E-state index contributed by atoms with van der Waals surface area (Å²) in [7, 11) is 4.10. The standard InChI is InChI=1S/C11H24N2O2/c1-10(2)13(9-8-12(3)4)7-5-6-11(14)15/h10H,5-9H2,1-4H3,(H,14,15). The van der Waals surface area contributed by atoms with Crippen molar-refractivity contribution in [2.45, 2.75) is 32.7 Å². The van der Waals surface area contributed by atoms with Gasteiger partial charge in [0.15, 0.2) is 0 Å². The zero-order chi connectivity index (χ0) is 11.8. The zero-order valence-electron chi connectivity index (χ0n) is 10.4. The molecule has 0 aliphatic carbocycles. The second-order valence-electron chi connectivity index (χ2n) is 4.43. The van der Waals surface area contributed by atoms with E-state index in [9.17, 15) is 4.79 Å². The van der Waals surface area contributed by atoms with Crippen molar-refractivity contribution in [3.05, 3.63) is 0 Å². The molecule has 0 atom stereocenters. The molecule has 0 aliphatic heterocycles. The van der Waals surface area contributed by atoms with Gasteiger partial charge in [-0.05, 0) is 40.9 Å². The maximum absolute atomic E-state index is 10.4. The van der Waals surface area contributed by atoms with E-state index in [1.807, 2.05) is 0 Å². The third kappa shape index (κ3) is 8.39. The fourth-order valence-electron chi connectivity index (χ4n) is 1.39. The van der Waals surface area contributed by atoms with E-state index in [1.165, 1.54) is 0 Å². The molecule has 15 heavy (non-hydrogen) atoms. The van der Waals surface area contributed by atoms with E-state index in [2.05, 4.69) is 37.7 Å². The van der Waals surface area contributed by atoms with Gasteiger partial charge in [0.2, 0.25) is 0 Å². The van der Waals surface area contributed by atoms with Gasteiger partial charge in [-0.3, -0.25) is 9.69 Å². The summed E-state index contributed by atoms with van der Waals surface area (Å²) in [5.41, 5.74) is 0. The molecule has 4 heteroatoms. The van der Waals surface area contributed by atoms with Crippen molar-refractivity contribution < 1.29 is 9.90 Å². The highest BCUT2D eigenvalue weighted by molar-refractivity contribution is 5.66. The topological polar surface area (TPSA) is 43.8 Å². The summed E-state index contributed by atoms with van der Waals surface area (Å²) in [5.74, 6) is -0.702. The molecule has 0 aromatic rings. The first-order chi connectivity index (χ1) is 6.93. The van der Waals surface area contributed by atoms with Crippen molar-refractivity contribution in [2.75, 3.05) is 33.7 Å². The molecule has 4 nitrogen and oxygen atoms in total. The Morgan fingerprint density at radius 2 is 1.80 bits per heavy atom. The molecule has 0 saturated carbocycles. The third-order valence-corrected chi connectivity index (χ3v) is 2.40. The molecule has 0 heterocycles. The van der Waals surface area contributed by atoms with Gasteiger partial charge in [-0.1, -0.05) is 0 Å². The summed E-state index contributed by atoms with van der Waals surface area (Å²) in [4.78, 5) is 14.9. The molecule has 90 valence electrons. The highest BCUT2D eigenvalue weighted by Crippen LogP contribution is 2.01. The van der Waals surface area contributed by atoms with Crippen LogP contribution in [-0.4, -0.2) is 60.6 Å². The summed E-state index contributed by atoms with van der Waals surface area (Å²) in [6.07, 6.45) is 1.01. The molecule has 0 radical (unpaired) electrons. The monoisotopic (exact) mass is 216 g/mol. The SMILES string of the molecule is CC(C)N(CCCC(=O)O)CCN(C)C. The number of carbonyl (C=O) groups is 1. The van der Waals surface area contributed by atoms with Gasteiger partial charge in [-0.25, -0.2) is 0 Å². The second kappa shape index (κ2) is 7.65. The quantitative estimate of drug-likeness (QED) is 0.660. The van der Waals surface area contributed by atoms with Crippen molar-refractivity contribution in [3.63, 3.8) is 0 Å². The molecule has 0 aromatic carbocycles. The highest BCUT2D eigenvalue weighted by atomic mass is 16.4. The van der Waals surface area contributed by atoms with Gasteiger partial charge in [-0.2, -0.15) is 0 Å². The normalized spacial score (nSPS) is 11.7. The molecule has 0 aliphatic rings. The Morgan fingerprint density at radius 1 is 1.20 bits per heavy atom. The van der Waals surface area contributed by atoms with Crippen LogP contribution in [0.1, 0.15) is 26.7 Å². The van der Waals surface area contributed by atoms with E-state index in [4.69, 9.17) is 5.11 Å². The van der Waals surface area contributed by atoms with Crippen LogP contribution in [0.15, 0.2) is 0 Å². The number of carboxylic acid groups (broad SMARTS) is 1. The molecule has 0 aromatic heterocycles. The molecular formula is C11H24N2O2. The van der Waals surface area contributed by atoms with Gasteiger partial charge in [-0.15, -0.1) is 0 Å². The van der Waals surface area contributed by atoms with Gasteiger partial charge in [0.1, 0.15) is 0 Å². The van der Waals surface area contributed by atoms with Crippen molar-refractivity contribution in [1.82, 2.24) is 9.80 Å². The average Bonchev–Trinajstić information content (AvgIpc) is 2.09. The number of rotatable bonds is 8. The van der Waals surface area contributed by atoms with E-state index in [1.54, 1.807) is 0 Å². The van der Waals surface area contributed by atoms with Crippen LogP contribution in [-0.2, 0) is 4.79 Å². The first-order valence-electron chi connectivity index (χ1n) is 5.54. The zero-order valence-corrected chi connectivity index (χ0v) is 10.4. The average molecular weight is 216 g/mol. The number of hydrogen-bond acceptors (Lipinski definition) is 3. The molecule has 0 rings (SSSR count). The molecular weight excluding hydrogens is 192 g/mol. The van der Waals surface area contributed by atoms with Crippen LogP contribution in [0.25, 0.3) is 0 Å².